The van der Waals surface area contributed by atoms with Crippen LogP contribution in [0.3, 0.4) is 0 Å². The fraction of sp³-hybridized carbons (Fsp3) is 0.294. The Morgan fingerprint density at radius 3 is 2.64 bits per heavy atom. The Morgan fingerprint density at radius 1 is 1.24 bits per heavy atom. The number of rotatable bonds is 4. The van der Waals surface area contributed by atoms with E-state index in [1.54, 1.807) is 6.07 Å². The van der Waals surface area contributed by atoms with Gasteiger partial charge in [-0.3, -0.25) is 19.5 Å². The van der Waals surface area contributed by atoms with Crippen molar-refractivity contribution in [3.63, 3.8) is 0 Å². The van der Waals surface area contributed by atoms with Gasteiger partial charge in [0.1, 0.15) is 0 Å². The molecule has 8 nitrogen and oxygen atoms in total. The number of H-pyrrole nitrogens is 2. The molecule has 0 aliphatic rings. The fourth-order valence-electron chi connectivity index (χ4n) is 2.65. The van der Waals surface area contributed by atoms with Crippen molar-refractivity contribution < 1.29 is 4.79 Å². The van der Waals surface area contributed by atoms with E-state index in [1.807, 2.05) is 20.8 Å². The third-order valence-corrected chi connectivity index (χ3v) is 3.92. The number of pyridine rings is 1. The van der Waals surface area contributed by atoms with Crippen LogP contribution in [-0.2, 0) is 0 Å². The number of carbonyl (C=O) groups is 1. The summed E-state index contributed by atoms with van der Waals surface area (Å²) in [5.74, 6) is -0.330. The molecule has 3 aromatic rings. The Labute approximate surface area is 142 Å². The van der Waals surface area contributed by atoms with Crippen LogP contribution in [0.5, 0.6) is 0 Å². The Bertz CT molecular complexity index is 1020. The summed E-state index contributed by atoms with van der Waals surface area (Å²) < 4.78 is 1.36. The first-order valence-corrected chi connectivity index (χ1v) is 7.94. The monoisotopic (exact) mass is 341 g/mol. The Hall–Kier alpha value is -3.16. The van der Waals surface area contributed by atoms with Crippen molar-refractivity contribution in [2.24, 2.45) is 5.92 Å². The summed E-state index contributed by atoms with van der Waals surface area (Å²) in [6, 6.07) is 5.49. The van der Waals surface area contributed by atoms with Gasteiger partial charge in [-0.2, -0.15) is 0 Å². The number of nitrogens with zero attached hydrogens (tertiary/aromatic N) is 2. The van der Waals surface area contributed by atoms with Crippen molar-refractivity contribution in [3.05, 3.63) is 68.1 Å². The van der Waals surface area contributed by atoms with Crippen LogP contribution in [0.2, 0.25) is 0 Å². The molecule has 8 heteroatoms. The van der Waals surface area contributed by atoms with Crippen molar-refractivity contribution in [1.29, 1.82) is 0 Å². The first-order chi connectivity index (χ1) is 11.8. The van der Waals surface area contributed by atoms with Crippen LogP contribution >= 0.6 is 0 Å². The molecule has 1 atom stereocenters. The van der Waals surface area contributed by atoms with E-state index in [-0.39, 0.29) is 22.9 Å². The van der Waals surface area contributed by atoms with Gasteiger partial charge in [0.2, 0.25) is 5.56 Å². The highest BCUT2D eigenvalue weighted by atomic mass is 16.2. The Morgan fingerprint density at radius 2 is 2.00 bits per heavy atom. The summed E-state index contributed by atoms with van der Waals surface area (Å²) >= 11 is 0. The number of hydrogen-bond acceptors (Lipinski definition) is 4. The molecule has 0 bridgehead atoms. The summed E-state index contributed by atoms with van der Waals surface area (Å²) in [6.07, 6.45) is 1.36. The smallest absolute Gasteiger partial charge is 0.272 e. The lowest BCUT2D eigenvalue weighted by atomic mass is 10.00. The van der Waals surface area contributed by atoms with Crippen LogP contribution in [0.25, 0.3) is 5.65 Å². The number of nitrogens with one attached hydrogen (secondary N) is 3. The van der Waals surface area contributed by atoms with Crippen LogP contribution in [0.1, 0.15) is 41.6 Å². The first kappa shape index (κ1) is 16.7. The number of carbonyl (C=O) groups excluding carboxylic acids is 1. The zero-order valence-corrected chi connectivity index (χ0v) is 14.2. The first-order valence-electron chi connectivity index (χ1n) is 7.94. The number of amides is 1. The molecule has 3 N–H and O–H groups in total. The SMILES string of the molecule is Cc1cc2nc([C@@H](NC(=O)c3ccc(=O)[nH]c3)C(C)C)cc(=O)n2[nH]1. The highest BCUT2D eigenvalue weighted by Crippen LogP contribution is 2.20. The summed E-state index contributed by atoms with van der Waals surface area (Å²) in [5.41, 5.74) is 1.64. The molecule has 0 fully saturated rings. The van der Waals surface area contributed by atoms with Crippen LogP contribution in [0.15, 0.2) is 40.1 Å². The number of aryl methyl sites for hydroxylation is 1. The zero-order valence-electron chi connectivity index (χ0n) is 14.2. The average Bonchev–Trinajstić information content (AvgIpc) is 2.93. The molecular weight excluding hydrogens is 322 g/mol. The van der Waals surface area contributed by atoms with Gasteiger partial charge in [0.15, 0.2) is 5.65 Å². The molecule has 0 aliphatic heterocycles. The summed E-state index contributed by atoms with van der Waals surface area (Å²) in [6.45, 7) is 5.71. The van der Waals surface area contributed by atoms with Gasteiger partial charge >= 0.3 is 0 Å². The maximum Gasteiger partial charge on any atom is 0.272 e. The maximum atomic E-state index is 12.4. The number of hydrogen-bond donors (Lipinski definition) is 3. The minimum Gasteiger partial charge on any atom is -0.343 e. The van der Waals surface area contributed by atoms with Crippen LogP contribution in [0, 0.1) is 12.8 Å². The van der Waals surface area contributed by atoms with E-state index in [1.165, 1.54) is 28.9 Å². The van der Waals surface area contributed by atoms with E-state index < -0.39 is 6.04 Å². The third kappa shape index (κ3) is 3.37. The minimum atomic E-state index is -0.438. The van der Waals surface area contributed by atoms with E-state index in [0.717, 1.165) is 5.69 Å². The maximum absolute atomic E-state index is 12.4. The summed E-state index contributed by atoms with van der Waals surface area (Å²) in [7, 11) is 0. The van der Waals surface area contributed by atoms with Gasteiger partial charge in [-0.15, -0.1) is 0 Å². The lowest BCUT2D eigenvalue weighted by Gasteiger charge is -2.21. The van der Waals surface area contributed by atoms with E-state index in [2.05, 4.69) is 20.4 Å². The molecule has 1 amide bonds. The number of aromatic nitrogens is 4. The summed E-state index contributed by atoms with van der Waals surface area (Å²) in [5, 5.41) is 5.80. The van der Waals surface area contributed by atoms with Crippen molar-refractivity contribution in [2.45, 2.75) is 26.8 Å². The van der Waals surface area contributed by atoms with Crippen LogP contribution in [-0.4, -0.2) is 25.5 Å². The van der Waals surface area contributed by atoms with Crippen molar-refractivity contribution in [2.75, 3.05) is 0 Å². The molecule has 0 aliphatic carbocycles. The molecule has 0 spiro atoms. The molecule has 0 radical (unpaired) electrons. The lowest BCUT2D eigenvalue weighted by Crippen LogP contribution is -2.33. The van der Waals surface area contributed by atoms with Crippen molar-refractivity contribution >= 4 is 11.6 Å². The molecule has 0 saturated carbocycles. The van der Waals surface area contributed by atoms with Gasteiger partial charge in [0.25, 0.3) is 11.5 Å². The average molecular weight is 341 g/mol. The highest BCUT2D eigenvalue weighted by Gasteiger charge is 2.22. The molecule has 130 valence electrons. The molecule has 3 heterocycles. The number of fused-ring (bicyclic) bond motifs is 1. The summed E-state index contributed by atoms with van der Waals surface area (Å²) in [4.78, 5) is 42.8. The minimum absolute atomic E-state index is 0.0149. The predicted molar refractivity (Wildman–Crippen MR) is 92.7 cm³/mol. The largest absolute Gasteiger partial charge is 0.343 e. The topological polar surface area (TPSA) is 112 Å². The van der Waals surface area contributed by atoms with E-state index >= 15 is 0 Å². The van der Waals surface area contributed by atoms with E-state index in [0.29, 0.717) is 16.9 Å². The van der Waals surface area contributed by atoms with Gasteiger partial charge < -0.3 is 10.3 Å². The van der Waals surface area contributed by atoms with Gasteiger partial charge in [-0.1, -0.05) is 13.8 Å². The number of aromatic amines is 2. The second-order valence-corrected chi connectivity index (χ2v) is 6.29. The van der Waals surface area contributed by atoms with Gasteiger partial charge in [-0.05, 0) is 18.9 Å². The Balaban J connectivity index is 1.96. The van der Waals surface area contributed by atoms with Crippen LogP contribution < -0.4 is 16.4 Å². The second kappa shape index (κ2) is 6.39. The normalized spacial score (nSPS) is 12.5. The van der Waals surface area contributed by atoms with E-state index in [9.17, 15) is 14.4 Å². The zero-order chi connectivity index (χ0) is 18.1. The van der Waals surface area contributed by atoms with Gasteiger partial charge in [-0.25, -0.2) is 9.50 Å². The van der Waals surface area contributed by atoms with Crippen LogP contribution in [0.4, 0.5) is 0 Å². The second-order valence-electron chi connectivity index (χ2n) is 6.29. The molecular formula is C17H19N5O3. The molecule has 0 saturated heterocycles. The molecule has 0 aromatic carbocycles. The van der Waals surface area contributed by atoms with Crippen molar-refractivity contribution in [1.82, 2.24) is 24.9 Å². The lowest BCUT2D eigenvalue weighted by molar-refractivity contribution is 0.0924. The molecule has 25 heavy (non-hydrogen) atoms. The fourth-order valence-corrected chi connectivity index (χ4v) is 2.65. The van der Waals surface area contributed by atoms with E-state index in [4.69, 9.17) is 0 Å². The standard InChI is InChI=1S/C17H19N5O3/c1-9(2)16(20-17(25)11-4-5-14(23)18-8-11)12-7-15(24)22-13(19-12)6-10(3)21-22/h4-9,16,21H,1-3H3,(H,18,23)(H,20,25)/t16-/m0/s1. The molecule has 0 unspecified atom stereocenters. The predicted octanol–water partition coefficient (Wildman–Crippen LogP) is 1.15. The highest BCUT2D eigenvalue weighted by molar-refractivity contribution is 5.94. The third-order valence-electron chi connectivity index (χ3n) is 3.92. The van der Waals surface area contributed by atoms with Crippen molar-refractivity contribution in [3.8, 4) is 0 Å². The molecule has 3 rings (SSSR count). The van der Waals surface area contributed by atoms with Gasteiger partial charge in [0, 0.05) is 30.1 Å². The molecule has 3 aromatic heterocycles. The quantitative estimate of drug-likeness (QED) is 0.660. The Kier molecular flexibility index (Phi) is 4.26. The van der Waals surface area contributed by atoms with Gasteiger partial charge in [0.05, 0.1) is 17.3 Å².